The Balaban J connectivity index is 2.11. The van der Waals surface area contributed by atoms with Gasteiger partial charge in [0.05, 0.1) is 10.8 Å². The van der Waals surface area contributed by atoms with Crippen LogP contribution in [0.25, 0.3) is 10.8 Å². The second-order valence-electron chi connectivity index (χ2n) is 4.32. The fourth-order valence-corrected chi connectivity index (χ4v) is 1.96. The first kappa shape index (κ1) is 11.5. The lowest BCUT2D eigenvalue weighted by Crippen LogP contribution is -2.09. The first-order valence-corrected chi connectivity index (χ1v) is 5.96. The molecule has 0 bridgehead atoms. The standard InChI is InChI=1S/C15H12N2O2/c1-10-5-4-6-11(9-10)19-15-13-8-3-2-7-12(13)14(18)16-17-15/h2-9H,1H3,(H,16,18). The van der Waals surface area contributed by atoms with Crippen molar-refractivity contribution in [2.24, 2.45) is 0 Å². The van der Waals surface area contributed by atoms with Crippen LogP contribution in [-0.4, -0.2) is 10.2 Å². The number of aromatic amines is 1. The van der Waals surface area contributed by atoms with E-state index in [2.05, 4.69) is 10.2 Å². The molecule has 0 unspecified atom stereocenters. The molecule has 0 atom stereocenters. The van der Waals surface area contributed by atoms with Crippen molar-refractivity contribution in [1.82, 2.24) is 10.2 Å². The first-order valence-electron chi connectivity index (χ1n) is 5.96. The van der Waals surface area contributed by atoms with E-state index in [9.17, 15) is 4.79 Å². The van der Waals surface area contributed by atoms with Crippen LogP contribution in [0.3, 0.4) is 0 Å². The third-order valence-corrected chi connectivity index (χ3v) is 2.87. The summed E-state index contributed by atoms with van der Waals surface area (Å²) in [7, 11) is 0. The highest BCUT2D eigenvalue weighted by molar-refractivity contribution is 5.85. The highest BCUT2D eigenvalue weighted by Gasteiger charge is 2.07. The summed E-state index contributed by atoms with van der Waals surface area (Å²) < 4.78 is 5.75. The van der Waals surface area contributed by atoms with Crippen molar-refractivity contribution in [2.75, 3.05) is 0 Å². The van der Waals surface area contributed by atoms with Gasteiger partial charge in [-0.1, -0.05) is 24.3 Å². The number of nitrogens with zero attached hydrogens (tertiary/aromatic N) is 1. The van der Waals surface area contributed by atoms with E-state index in [1.54, 1.807) is 6.07 Å². The highest BCUT2D eigenvalue weighted by atomic mass is 16.5. The maximum atomic E-state index is 11.7. The van der Waals surface area contributed by atoms with Crippen molar-refractivity contribution in [3.05, 3.63) is 64.4 Å². The van der Waals surface area contributed by atoms with Gasteiger partial charge in [0, 0.05) is 0 Å². The van der Waals surface area contributed by atoms with Crippen molar-refractivity contribution in [2.45, 2.75) is 6.92 Å². The first-order chi connectivity index (χ1) is 9.24. The zero-order chi connectivity index (χ0) is 13.2. The van der Waals surface area contributed by atoms with Crippen LogP contribution in [0.1, 0.15) is 5.56 Å². The van der Waals surface area contributed by atoms with E-state index < -0.39 is 0 Å². The molecule has 0 saturated heterocycles. The van der Waals surface area contributed by atoms with E-state index in [4.69, 9.17) is 4.74 Å². The van der Waals surface area contributed by atoms with Crippen molar-refractivity contribution < 1.29 is 4.74 Å². The molecule has 4 heteroatoms. The molecule has 0 aliphatic rings. The van der Waals surface area contributed by atoms with Gasteiger partial charge in [-0.15, -0.1) is 5.10 Å². The molecule has 0 aliphatic carbocycles. The van der Waals surface area contributed by atoms with Gasteiger partial charge >= 0.3 is 0 Å². The van der Waals surface area contributed by atoms with Gasteiger partial charge in [0.2, 0.25) is 5.88 Å². The Labute approximate surface area is 109 Å². The summed E-state index contributed by atoms with van der Waals surface area (Å²) in [5.41, 5.74) is 0.887. The number of rotatable bonds is 2. The van der Waals surface area contributed by atoms with Gasteiger partial charge in [-0.05, 0) is 36.8 Å². The topological polar surface area (TPSA) is 55.0 Å². The molecule has 94 valence electrons. The van der Waals surface area contributed by atoms with Crippen molar-refractivity contribution in [1.29, 1.82) is 0 Å². The van der Waals surface area contributed by atoms with Gasteiger partial charge in [-0.2, -0.15) is 0 Å². The zero-order valence-corrected chi connectivity index (χ0v) is 10.4. The number of hydrogen-bond donors (Lipinski definition) is 1. The number of ether oxygens (including phenoxy) is 1. The molecule has 1 heterocycles. The molecule has 2 aromatic carbocycles. The average Bonchev–Trinajstić information content (AvgIpc) is 2.42. The quantitative estimate of drug-likeness (QED) is 0.762. The number of H-pyrrole nitrogens is 1. The highest BCUT2D eigenvalue weighted by Crippen LogP contribution is 2.25. The Morgan fingerprint density at radius 1 is 1.05 bits per heavy atom. The Morgan fingerprint density at radius 2 is 1.84 bits per heavy atom. The molecule has 0 amide bonds. The molecule has 19 heavy (non-hydrogen) atoms. The van der Waals surface area contributed by atoms with Crippen molar-refractivity contribution in [3.8, 4) is 11.6 Å². The van der Waals surface area contributed by atoms with Crippen molar-refractivity contribution in [3.63, 3.8) is 0 Å². The monoisotopic (exact) mass is 252 g/mol. The summed E-state index contributed by atoms with van der Waals surface area (Å²) in [6.07, 6.45) is 0. The van der Waals surface area contributed by atoms with Gasteiger partial charge in [0.25, 0.3) is 5.56 Å². The lowest BCUT2D eigenvalue weighted by molar-refractivity contribution is 0.461. The maximum Gasteiger partial charge on any atom is 0.272 e. The van der Waals surface area contributed by atoms with Crippen LogP contribution in [0.5, 0.6) is 11.6 Å². The lowest BCUT2D eigenvalue weighted by Gasteiger charge is -2.07. The minimum atomic E-state index is -0.216. The molecule has 4 nitrogen and oxygen atoms in total. The van der Waals surface area contributed by atoms with Crippen molar-refractivity contribution >= 4 is 10.8 Å². The summed E-state index contributed by atoms with van der Waals surface area (Å²) in [5, 5.41) is 7.69. The predicted octanol–water partition coefficient (Wildman–Crippen LogP) is 3.02. The smallest absolute Gasteiger partial charge is 0.272 e. The predicted molar refractivity (Wildman–Crippen MR) is 73.6 cm³/mol. The Bertz CT molecular complexity index is 793. The van der Waals surface area contributed by atoms with Crippen LogP contribution >= 0.6 is 0 Å². The molecule has 1 N–H and O–H groups in total. The molecule has 1 aromatic heterocycles. The summed E-state index contributed by atoms with van der Waals surface area (Å²) >= 11 is 0. The lowest BCUT2D eigenvalue weighted by atomic mass is 10.2. The summed E-state index contributed by atoms with van der Waals surface area (Å²) in [4.78, 5) is 11.7. The molecule has 0 spiro atoms. The number of benzene rings is 2. The van der Waals surface area contributed by atoms with Gasteiger partial charge in [-0.3, -0.25) is 4.79 Å². The summed E-state index contributed by atoms with van der Waals surface area (Å²) in [5.74, 6) is 1.10. The van der Waals surface area contributed by atoms with Crippen LogP contribution < -0.4 is 10.3 Å². The second kappa shape index (κ2) is 4.57. The molecule has 0 radical (unpaired) electrons. The van der Waals surface area contributed by atoms with E-state index in [-0.39, 0.29) is 5.56 Å². The Morgan fingerprint density at radius 3 is 2.63 bits per heavy atom. The molecule has 3 aromatic rings. The molecule has 3 rings (SSSR count). The normalized spacial score (nSPS) is 10.6. The van der Waals surface area contributed by atoms with E-state index in [0.717, 1.165) is 5.56 Å². The largest absolute Gasteiger partial charge is 0.437 e. The van der Waals surface area contributed by atoms with Crippen LogP contribution in [0.2, 0.25) is 0 Å². The van der Waals surface area contributed by atoms with Gasteiger partial charge < -0.3 is 4.74 Å². The van der Waals surface area contributed by atoms with E-state index >= 15 is 0 Å². The minimum absolute atomic E-state index is 0.216. The molecule has 0 saturated carbocycles. The third kappa shape index (κ3) is 2.20. The molecular weight excluding hydrogens is 240 g/mol. The van der Waals surface area contributed by atoms with Crippen LogP contribution in [0.15, 0.2) is 53.3 Å². The number of aryl methyl sites for hydroxylation is 1. The van der Waals surface area contributed by atoms with Crippen LogP contribution in [-0.2, 0) is 0 Å². The average molecular weight is 252 g/mol. The van der Waals surface area contributed by atoms with Gasteiger partial charge in [-0.25, -0.2) is 5.10 Å². The number of aromatic nitrogens is 2. The summed E-state index contributed by atoms with van der Waals surface area (Å²) in [6.45, 7) is 1.99. The van der Waals surface area contributed by atoms with E-state index in [0.29, 0.717) is 22.4 Å². The molecular formula is C15H12N2O2. The maximum absolute atomic E-state index is 11.7. The summed E-state index contributed by atoms with van der Waals surface area (Å²) in [6, 6.07) is 14.9. The van der Waals surface area contributed by atoms with Crippen LogP contribution in [0, 0.1) is 6.92 Å². The minimum Gasteiger partial charge on any atom is -0.437 e. The zero-order valence-electron chi connectivity index (χ0n) is 10.4. The van der Waals surface area contributed by atoms with E-state index in [1.807, 2.05) is 49.4 Å². The fraction of sp³-hybridized carbons (Fsp3) is 0.0667. The molecule has 0 aliphatic heterocycles. The number of fused-ring (bicyclic) bond motifs is 1. The SMILES string of the molecule is Cc1cccc(Oc2n[nH]c(=O)c3ccccc23)c1. The fourth-order valence-electron chi connectivity index (χ4n) is 1.96. The third-order valence-electron chi connectivity index (χ3n) is 2.87. The number of hydrogen-bond acceptors (Lipinski definition) is 3. The number of nitrogens with one attached hydrogen (secondary N) is 1. The van der Waals surface area contributed by atoms with Gasteiger partial charge in [0.15, 0.2) is 0 Å². The van der Waals surface area contributed by atoms with E-state index in [1.165, 1.54) is 0 Å². The molecule has 0 fully saturated rings. The second-order valence-corrected chi connectivity index (χ2v) is 4.32. The van der Waals surface area contributed by atoms with Gasteiger partial charge in [0.1, 0.15) is 5.75 Å². The Kier molecular flexibility index (Phi) is 2.76. The van der Waals surface area contributed by atoms with Crippen LogP contribution in [0.4, 0.5) is 0 Å². The Hall–Kier alpha value is -2.62.